The van der Waals surface area contributed by atoms with Crippen molar-refractivity contribution < 1.29 is 4.39 Å². The number of rotatable bonds is 6. The van der Waals surface area contributed by atoms with Gasteiger partial charge in [0.2, 0.25) is 0 Å². The number of nitrogens with one attached hydrogen (secondary N) is 1. The fourth-order valence-corrected chi connectivity index (χ4v) is 4.25. The van der Waals surface area contributed by atoms with Crippen LogP contribution in [0.25, 0.3) is 5.70 Å². The molecule has 0 saturated carbocycles. The molecule has 1 heterocycles. The van der Waals surface area contributed by atoms with Crippen LogP contribution in [-0.2, 0) is 6.42 Å². The fraction of sp³-hybridized carbons (Fsp3) is 0.286. The van der Waals surface area contributed by atoms with E-state index < -0.39 is 0 Å². The van der Waals surface area contributed by atoms with Gasteiger partial charge in [0.25, 0.3) is 0 Å². The van der Waals surface area contributed by atoms with Crippen LogP contribution in [0.5, 0.6) is 0 Å². The Balaban J connectivity index is 0.000000272. The maximum Gasteiger partial charge on any atom is 0.123 e. The number of hydrogen-bond acceptors (Lipinski definition) is 2. The molecule has 0 bridgehead atoms. The molecule has 0 aliphatic carbocycles. The van der Waals surface area contributed by atoms with Gasteiger partial charge in [0.15, 0.2) is 0 Å². The molecule has 0 atom stereocenters. The number of benzene rings is 3. The minimum Gasteiger partial charge on any atom is -0.370 e. The summed E-state index contributed by atoms with van der Waals surface area (Å²) >= 11 is 0. The first-order valence-corrected chi connectivity index (χ1v) is 13.5. The average Bonchev–Trinajstić information content (AvgIpc) is 2.94. The molecule has 0 aromatic heterocycles. The lowest BCUT2D eigenvalue weighted by molar-refractivity contribution is 0.531. The highest BCUT2D eigenvalue weighted by Crippen LogP contribution is 2.23. The number of aryl methyl sites for hydroxylation is 1. The highest BCUT2D eigenvalue weighted by molar-refractivity contribution is 6.10. The summed E-state index contributed by atoms with van der Waals surface area (Å²) in [5.74, 6) is 0.213. The molecule has 0 amide bonds. The quantitative estimate of drug-likeness (QED) is 0.329. The fourth-order valence-electron chi connectivity index (χ4n) is 4.25. The van der Waals surface area contributed by atoms with Gasteiger partial charge in [0.05, 0.1) is 5.71 Å². The largest absolute Gasteiger partial charge is 0.370 e. The molecule has 3 heteroatoms. The maximum atomic E-state index is 13.0. The number of hydrogen-bond donors (Lipinski definition) is 1. The van der Waals surface area contributed by atoms with Crippen molar-refractivity contribution in [2.75, 3.05) is 13.6 Å². The van der Waals surface area contributed by atoms with Gasteiger partial charge in [0, 0.05) is 24.9 Å². The van der Waals surface area contributed by atoms with Crippen LogP contribution < -0.4 is 0 Å². The van der Waals surface area contributed by atoms with E-state index in [4.69, 9.17) is 5.41 Å². The Morgan fingerprint density at radius 2 is 1.61 bits per heavy atom. The zero-order valence-corrected chi connectivity index (χ0v) is 24.1. The first kappa shape index (κ1) is 30.5. The Morgan fingerprint density at radius 1 is 0.974 bits per heavy atom. The number of halogens is 1. The summed E-state index contributed by atoms with van der Waals surface area (Å²) in [4.78, 5) is 2.27. The molecule has 2 nitrogen and oxygen atoms in total. The van der Waals surface area contributed by atoms with Gasteiger partial charge in [-0.2, -0.15) is 0 Å². The molecule has 1 aliphatic heterocycles. The van der Waals surface area contributed by atoms with Gasteiger partial charge in [-0.3, -0.25) is 0 Å². The Hall–Kier alpha value is -3.72. The van der Waals surface area contributed by atoms with Crippen molar-refractivity contribution in [3.05, 3.63) is 136 Å². The van der Waals surface area contributed by atoms with Crippen molar-refractivity contribution in [3.8, 4) is 0 Å². The van der Waals surface area contributed by atoms with Gasteiger partial charge in [-0.1, -0.05) is 94.5 Å². The first-order chi connectivity index (χ1) is 18.3. The molecule has 1 aliphatic rings. The molecule has 3 aromatic carbocycles. The van der Waals surface area contributed by atoms with Crippen LogP contribution in [0, 0.1) is 18.2 Å². The molecule has 0 radical (unpaired) electrons. The second kappa shape index (κ2) is 15.5. The van der Waals surface area contributed by atoms with Gasteiger partial charge in [-0.05, 0) is 84.4 Å². The maximum absolute atomic E-state index is 13.0. The van der Waals surface area contributed by atoms with E-state index in [1.54, 1.807) is 12.1 Å². The van der Waals surface area contributed by atoms with Crippen LogP contribution in [0.2, 0.25) is 0 Å². The lowest BCUT2D eigenvalue weighted by atomic mass is 9.94. The van der Waals surface area contributed by atoms with Gasteiger partial charge in [0.1, 0.15) is 5.82 Å². The van der Waals surface area contributed by atoms with Crippen molar-refractivity contribution in [3.63, 3.8) is 0 Å². The van der Waals surface area contributed by atoms with Gasteiger partial charge in [-0.15, -0.1) is 0 Å². The predicted molar refractivity (Wildman–Crippen MR) is 163 cm³/mol. The van der Waals surface area contributed by atoms with Crippen LogP contribution in [0.15, 0.2) is 103 Å². The van der Waals surface area contributed by atoms with Gasteiger partial charge >= 0.3 is 0 Å². The van der Waals surface area contributed by atoms with E-state index in [9.17, 15) is 4.39 Å². The van der Waals surface area contributed by atoms with Crippen molar-refractivity contribution in [1.82, 2.24) is 4.90 Å². The van der Waals surface area contributed by atoms with E-state index in [0.717, 1.165) is 24.1 Å². The monoisotopic (exact) mass is 510 g/mol. The smallest absolute Gasteiger partial charge is 0.123 e. The Bertz CT molecular complexity index is 1260. The molecular weight excluding hydrogens is 467 g/mol. The summed E-state index contributed by atoms with van der Waals surface area (Å²) in [5, 5.41) is 8.22. The molecule has 200 valence electrons. The van der Waals surface area contributed by atoms with Crippen LogP contribution >= 0.6 is 0 Å². The summed E-state index contributed by atoms with van der Waals surface area (Å²) in [5.41, 5.74) is 8.72. The molecule has 0 saturated heterocycles. The molecule has 0 spiro atoms. The third-order valence-electron chi connectivity index (χ3n) is 6.43. The molecular formula is C35H43FN2. The van der Waals surface area contributed by atoms with Crippen molar-refractivity contribution in [1.29, 1.82) is 5.41 Å². The van der Waals surface area contributed by atoms with Crippen LogP contribution in [0.4, 0.5) is 4.39 Å². The number of nitrogens with zero attached hydrogens (tertiary/aromatic N) is 1. The lowest BCUT2D eigenvalue weighted by Crippen LogP contribution is -2.19. The third kappa shape index (κ3) is 8.69. The van der Waals surface area contributed by atoms with E-state index in [1.807, 2.05) is 20.8 Å². The first-order valence-electron chi connectivity index (χ1n) is 13.5. The Labute approximate surface area is 229 Å². The molecule has 3 aromatic rings. The van der Waals surface area contributed by atoms with E-state index in [1.165, 1.54) is 40.1 Å². The normalized spacial score (nSPS) is 12.7. The zero-order valence-electron chi connectivity index (χ0n) is 24.1. The lowest BCUT2D eigenvalue weighted by Gasteiger charge is -2.24. The van der Waals surface area contributed by atoms with Crippen molar-refractivity contribution >= 4 is 11.4 Å². The highest BCUT2D eigenvalue weighted by Gasteiger charge is 2.10. The summed E-state index contributed by atoms with van der Waals surface area (Å²) in [7, 11) is 2.13. The van der Waals surface area contributed by atoms with E-state index in [2.05, 4.69) is 106 Å². The minimum atomic E-state index is -0.274. The summed E-state index contributed by atoms with van der Waals surface area (Å²) in [6.07, 6.45) is 9.35. The number of allylic oxidation sites excluding steroid dienone is 4. The summed E-state index contributed by atoms with van der Waals surface area (Å²) < 4.78 is 13.0. The third-order valence-corrected chi connectivity index (χ3v) is 6.43. The summed E-state index contributed by atoms with van der Waals surface area (Å²) in [6, 6.07) is 23.0. The standard InChI is InChI=1S/C20H22FN.C13H15N.C2H6/c1-14(2)19-7-5-4-6-16(19)9-8-15(3)20(22)17-10-12-18(21)13-11-17;1-11-7-3-4-8-12(11)13-9-5-6-10-14(13)2;1-2/h4-8,10-14,22H,9H2,1-3H3;3-9H,10H2,1-2H3;1-2H3/b15-8-,22-20?;;. The average molecular weight is 511 g/mol. The van der Waals surface area contributed by atoms with E-state index >= 15 is 0 Å². The number of likely N-dealkylation sites (N-methyl/N-ethyl adjacent to an activating group) is 1. The van der Waals surface area contributed by atoms with Crippen molar-refractivity contribution in [2.45, 2.75) is 53.9 Å². The summed E-state index contributed by atoms with van der Waals surface area (Å²) in [6.45, 7) is 13.5. The topological polar surface area (TPSA) is 27.1 Å². The minimum absolute atomic E-state index is 0.274. The van der Waals surface area contributed by atoms with Gasteiger partial charge < -0.3 is 10.3 Å². The van der Waals surface area contributed by atoms with Gasteiger partial charge in [-0.25, -0.2) is 4.39 Å². The SMILES string of the molecule is C/C(=C/Cc1ccccc1C(C)C)C(=N)c1ccc(F)cc1.CC.Cc1ccccc1C1=CC=CCN1C. The van der Waals surface area contributed by atoms with E-state index in [-0.39, 0.29) is 5.82 Å². The van der Waals surface area contributed by atoms with Crippen LogP contribution in [-0.4, -0.2) is 24.2 Å². The van der Waals surface area contributed by atoms with Crippen LogP contribution in [0.3, 0.4) is 0 Å². The van der Waals surface area contributed by atoms with E-state index in [0.29, 0.717) is 11.6 Å². The zero-order chi connectivity index (χ0) is 28.1. The molecule has 38 heavy (non-hydrogen) atoms. The molecule has 4 rings (SSSR count). The Kier molecular flexibility index (Phi) is 12.5. The molecule has 1 N–H and O–H groups in total. The second-order valence-corrected chi connectivity index (χ2v) is 9.50. The predicted octanol–water partition coefficient (Wildman–Crippen LogP) is 9.37. The molecule has 0 unspecified atom stereocenters. The van der Waals surface area contributed by atoms with Crippen molar-refractivity contribution in [2.24, 2.45) is 0 Å². The Morgan fingerprint density at radius 3 is 2.24 bits per heavy atom. The van der Waals surface area contributed by atoms with Crippen LogP contribution in [0.1, 0.15) is 68.4 Å². The second-order valence-electron chi connectivity index (χ2n) is 9.50. The highest BCUT2D eigenvalue weighted by atomic mass is 19.1. The molecule has 0 fully saturated rings.